The van der Waals surface area contributed by atoms with Crippen LogP contribution in [0.3, 0.4) is 0 Å². The normalized spacial score (nSPS) is 19.3. The summed E-state index contributed by atoms with van der Waals surface area (Å²) in [6.45, 7) is 0.620. The first-order valence-electron chi connectivity index (χ1n) is 9.50. The van der Waals surface area contributed by atoms with E-state index in [0.717, 1.165) is 48.4 Å². The van der Waals surface area contributed by atoms with Crippen LogP contribution in [0.5, 0.6) is 0 Å². The van der Waals surface area contributed by atoms with Crippen LogP contribution < -0.4 is 10.6 Å². The van der Waals surface area contributed by atoms with Crippen molar-refractivity contribution in [3.63, 3.8) is 0 Å². The summed E-state index contributed by atoms with van der Waals surface area (Å²) in [5, 5.41) is 6.71. The number of hydrogen-bond donors (Lipinski definition) is 2. The first-order chi connectivity index (χ1) is 13.1. The predicted molar refractivity (Wildman–Crippen MR) is 109 cm³/mol. The Morgan fingerprint density at radius 3 is 2.07 bits per heavy atom. The number of hydrogen-bond acceptors (Lipinski definition) is 2. The molecule has 0 aromatic heterocycles. The Kier molecular flexibility index (Phi) is 6.88. The Morgan fingerprint density at radius 1 is 0.852 bits per heavy atom. The summed E-state index contributed by atoms with van der Waals surface area (Å²) in [4.78, 5) is 24.8. The van der Waals surface area contributed by atoms with Gasteiger partial charge in [0.2, 0.25) is 11.8 Å². The molecule has 0 heterocycles. The lowest BCUT2D eigenvalue weighted by Crippen LogP contribution is -2.36. The molecule has 1 aliphatic carbocycles. The molecule has 0 spiro atoms. The Hall–Kier alpha value is -2.33. The van der Waals surface area contributed by atoms with E-state index in [0.29, 0.717) is 6.54 Å². The first kappa shape index (κ1) is 19.4. The standard InChI is InChI=1S/C22H25ClN2O2/c23-19-12-6-16(7-13-19)14-15-24-21(26)17-8-10-18(11-9-17)22(27)25-20-4-2-1-3-5-20/h1-7,12-13,17-18H,8-11,14-15H2,(H,24,26)(H,25,27). The fourth-order valence-electron chi connectivity index (χ4n) is 3.51. The van der Waals surface area contributed by atoms with Gasteiger partial charge in [0.05, 0.1) is 0 Å². The quantitative estimate of drug-likeness (QED) is 0.773. The van der Waals surface area contributed by atoms with Crippen molar-refractivity contribution in [3.05, 3.63) is 65.2 Å². The maximum atomic E-state index is 12.4. The SMILES string of the molecule is O=C(NCCc1ccc(Cl)cc1)C1CCC(C(=O)Nc2ccccc2)CC1. The molecule has 0 saturated heterocycles. The minimum absolute atomic E-state index is 0.0102. The topological polar surface area (TPSA) is 58.2 Å². The molecule has 2 N–H and O–H groups in total. The molecule has 1 saturated carbocycles. The molecule has 1 fully saturated rings. The molecule has 0 radical (unpaired) electrons. The highest BCUT2D eigenvalue weighted by atomic mass is 35.5. The van der Waals surface area contributed by atoms with Gasteiger partial charge in [0.15, 0.2) is 0 Å². The van der Waals surface area contributed by atoms with E-state index in [2.05, 4.69) is 10.6 Å². The minimum Gasteiger partial charge on any atom is -0.356 e. The molecule has 2 amide bonds. The molecule has 4 nitrogen and oxygen atoms in total. The van der Waals surface area contributed by atoms with E-state index in [1.807, 2.05) is 54.6 Å². The van der Waals surface area contributed by atoms with E-state index >= 15 is 0 Å². The Labute approximate surface area is 165 Å². The van der Waals surface area contributed by atoms with Crippen LogP contribution in [0, 0.1) is 11.8 Å². The zero-order valence-electron chi connectivity index (χ0n) is 15.3. The molecule has 0 unspecified atom stereocenters. The molecule has 3 rings (SSSR count). The van der Waals surface area contributed by atoms with Crippen LogP contribution in [-0.4, -0.2) is 18.4 Å². The Balaban J connectivity index is 1.38. The molecular formula is C22H25ClN2O2. The number of carbonyl (C=O) groups excluding carboxylic acids is 2. The van der Waals surface area contributed by atoms with E-state index in [9.17, 15) is 9.59 Å². The number of nitrogens with one attached hydrogen (secondary N) is 2. The van der Waals surface area contributed by atoms with E-state index in [1.54, 1.807) is 0 Å². The van der Waals surface area contributed by atoms with Gasteiger partial charge in [-0.3, -0.25) is 9.59 Å². The summed E-state index contributed by atoms with van der Waals surface area (Å²) in [5.41, 5.74) is 1.98. The predicted octanol–water partition coefficient (Wildman–Crippen LogP) is 4.44. The molecule has 0 aliphatic heterocycles. The van der Waals surface area contributed by atoms with Gasteiger partial charge in [-0.15, -0.1) is 0 Å². The number of rotatable bonds is 6. The molecule has 27 heavy (non-hydrogen) atoms. The average Bonchev–Trinajstić information content (AvgIpc) is 2.70. The molecule has 1 aliphatic rings. The second-order valence-electron chi connectivity index (χ2n) is 7.07. The molecule has 0 atom stereocenters. The highest BCUT2D eigenvalue weighted by molar-refractivity contribution is 6.30. The first-order valence-corrected chi connectivity index (χ1v) is 9.87. The molecule has 5 heteroatoms. The van der Waals surface area contributed by atoms with Crippen LogP contribution in [0.25, 0.3) is 0 Å². The van der Waals surface area contributed by atoms with Crippen LogP contribution >= 0.6 is 11.6 Å². The third-order valence-electron chi connectivity index (χ3n) is 5.14. The summed E-state index contributed by atoms with van der Waals surface area (Å²) in [7, 11) is 0. The van der Waals surface area contributed by atoms with E-state index in [1.165, 1.54) is 0 Å². The lowest BCUT2D eigenvalue weighted by molar-refractivity contribution is -0.128. The highest BCUT2D eigenvalue weighted by Crippen LogP contribution is 2.29. The average molecular weight is 385 g/mol. The Morgan fingerprint density at radius 2 is 1.44 bits per heavy atom. The van der Waals surface area contributed by atoms with Gasteiger partial charge in [0, 0.05) is 29.1 Å². The number of halogens is 1. The largest absolute Gasteiger partial charge is 0.356 e. The van der Waals surface area contributed by atoms with Crippen molar-refractivity contribution in [2.75, 3.05) is 11.9 Å². The lowest BCUT2D eigenvalue weighted by Gasteiger charge is -2.27. The van der Waals surface area contributed by atoms with Gasteiger partial charge in [-0.25, -0.2) is 0 Å². The highest BCUT2D eigenvalue weighted by Gasteiger charge is 2.29. The van der Waals surface area contributed by atoms with Crippen LogP contribution in [0.1, 0.15) is 31.2 Å². The molecular weight excluding hydrogens is 360 g/mol. The molecule has 0 bridgehead atoms. The second-order valence-corrected chi connectivity index (χ2v) is 7.51. The summed E-state index contributed by atoms with van der Waals surface area (Å²) in [6, 6.07) is 17.2. The van der Waals surface area contributed by atoms with Gasteiger partial charge in [0.25, 0.3) is 0 Å². The summed E-state index contributed by atoms with van der Waals surface area (Å²) >= 11 is 5.88. The number of carbonyl (C=O) groups is 2. The van der Waals surface area contributed by atoms with E-state index < -0.39 is 0 Å². The minimum atomic E-state index is -0.0108. The van der Waals surface area contributed by atoms with Crippen molar-refractivity contribution in [2.24, 2.45) is 11.8 Å². The van der Waals surface area contributed by atoms with Crippen molar-refractivity contribution in [3.8, 4) is 0 Å². The second kappa shape index (κ2) is 9.56. The maximum Gasteiger partial charge on any atom is 0.227 e. The smallest absolute Gasteiger partial charge is 0.227 e. The summed E-state index contributed by atoms with van der Waals surface area (Å²) in [5.74, 6) is 0.160. The maximum absolute atomic E-state index is 12.4. The van der Waals surface area contributed by atoms with Gasteiger partial charge in [-0.1, -0.05) is 41.9 Å². The van der Waals surface area contributed by atoms with Gasteiger partial charge < -0.3 is 10.6 Å². The Bertz CT molecular complexity index is 754. The fraction of sp³-hybridized carbons (Fsp3) is 0.364. The van der Waals surface area contributed by atoms with Crippen molar-refractivity contribution < 1.29 is 9.59 Å². The van der Waals surface area contributed by atoms with Gasteiger partial charge in [-0.2, -0.15) is 0 Å². The lowest BCUT2D eigenvalue weighted by atomic mass is 9.81. The number of para-hydroxylation sites is 1. The van der Waals surface area contributed by atoms with Crippen molar-refractivity contribution in [1.82, 2.24) is 5.32 Å². The van der Waals surface area contributed by atoms with Crippen LogP contribution in [0.2, 0.25) is 5.02 Å². The molecule has 142 valence electrons. The third kappa shape index (κ3) is 5.83. The van der Waals surface area contributed by atoms with Crippen molar-refractivity contribution in [2.45, 2.75) is 32.1 Å². The van der Waals surface area contributed by atoms with Crippen molar-refractivity contribution in [1.29, 1.82) is 0 Å². The summed E-state index contributed by atoms with van der Waals surface area (Å²) in [6.07, 6.45) is 3.83. The van der Waals surface area contributed by atoms with Crippen molar-refractivity contribution >= 4 is 29.1 Å². The molecule has 2 aromatic carbocycles. The van der Waals surface area contributed by atoms with E-state index in [-0.39, 0.29) is 23.7 Å². The number of amides is 2. The fourth-order valence-corrected chi connectivity index (χ4v) is 3.64. The number of benzene rings is 2. The molecule has 2 aromatic rings. The van der Waals surface area contributed by atoms with Gasteiger partial charge in [-0.05, 0) is 61.9 Å². The van der Waals surface area contributed by atoms with Crippen LogP contribution in [-0.2, 0) is 16.0 Å². The van der Waals surface area contributed by atoms with E-state index in [4.69, 9.17) is 11.6 Å². The van der Waals surface area contributed by atoms with Gasteiger partial charge >= 0.3 is 0 Å². The van der Waals surface area contributed by atoms with Gasteiger partial charge in [0.1, 0.15) is 0 Å². The monoisotopic (exact) mass is 384 g/mol. The summed E-state index contributed by atoms with van der Waals surface area (Å²) < 4.78 is 0. The zero-order valence-corrected chi connectivity index (χ0v) is 16.0. The van der Waals surface area contributed by atoms with Crippen LogP contribution in [0.15, 0.2) is 54.6 Å². The third-order valence-corrected chi connectivity index (χ3v) is 5.39. The zero-order chi connectivity index (χ0) is 19.1. The number of anilines is 1. The van der Waals surface area contributed by atoms with Crippen LogP contribution in [0.4, 0.5) is 5.69 Å².